The molecule has 20 heavy (non-hydrogen) atoms. The van der Waals surface area contributed by atoms with Crippen LogP contribution in [0.5, 0.6) is 0 Å². The van der Waals surface area contributed by atoms with Crippen molar-refractivity contribution in [2.75, 3.05) is 11.9 Å². The van der Waals surface area contributed by atoms with Gasteiger partial charge in [0.15, 0.2) is 0 Å². The minimum Gasteiger partial charge on any atom is -0.406 e. The van der Waals surface area contributed by atoms with Crippen molar-refractivity contribution < 1.29 is 8.81 Å². The molecule has 108 valence electrons. The van der Waals surface area contributed by atoms with Gasteiger partial charge in [0.25, 0.3) is 0 Å². The van der Waals surface area contributed by atoms with Gasteiger partial charge in [0.2, 0.25) is 5.89 Å². The van der Waals surface area contributed by atoms with Gasteiger partial charge in [-0.1, -0.05) is 28.0 Å². The van der Waals surface area contributed by atoms with Gasteiger partial charge in [-0.15, -0.1) is 5.10 Å². The summed E-state index contributed by atoms with van der Waals surface area (Å²) < 4.78 is 19.8. The molecule has 1 heterocycles. The third-order valence-corrected chi connectivity index (χ3v) is 3.18. The smallest absolute Gasteiger partial charge is 0.320 e. The highest BCUT2D eigenvalue weighted by molar-refractivity contribution is 9.10. The molecule has 0 aliphatic rings. The molecule has 7 heteroatoms. The van der Waals surface area contributed by atoms with Gasteiger partial charge in [-0.3, -0.25) is 0 Å². The third kappa shape index (κ3) is 3.77. The molecule has 2 aromatic rings. The summed E-state index contributed by atoms with van der Waals surface area (Å²) in [6.45, 7) is 4.89. The van der Waals surface area contributed by atoms with E-state index in [2.05, 4.69) is 43.7 Å². The maximum absolute atomic E-state index is 13.7. The quantitative estimate of drug-likeness (QED) is 0.836. The van der Waals surface area contributed by atoms with E-state index in [1.807, 2.05) is 6.92 Å². The lowest BCUT2D eigenvalue weighted by Crippen LogP contribution is -2.19. The first-order chi connectivity index (χ1) is 9.60. The summed E-state index contributed by atoms with van der Waals surface area (Å²) in [5.74, 6) is 0.0785. The number of aromatic nitrogens is 2. The van der Waals surface area contributed by atoms with Crippen molar-refractivity contribution in [2.45, 2.75) is 26.3 Å². The van der Waals surface area contributed by atoms with Crippen LogP contribution in [0.1, 0.15) is 32.2 Å². The van der Waals surface area contributed by atoms with E-state index in [1.54, 1.807) is 12.1 Å². The van der Waals surface area contributed by atoms with Crippen molar-refractivity contribution in [1.29, 1.82) is 0 Å². The van der Waals surface area contributed by atoms with E-state index in [9.17, 15) is 4.39 Å². The van der Waals surface area contributed by atoms with E-state index in [0.29, 0.717) is 10.4 Å². The van der Waals surface area contributed by atoms with Crippen molar-refractivity contribution in [2.24, 2.45) is 0 Å². The largest absolute Gasteiger partial charge is 0.406 e. The summed E-state index contributed by atoms with van der Waals surface area (Å²) in [6.07, 6.45) is 1.02. The molecule has 1 unspecified atom stereocenters. The fourth-order valence-electron chi connectivity index (χ4n) is 1.61. The Balaban J connectivity index is 2.05. The number of nitrogens with zero attached hydrogens (tertiary/aromatic N) is 2. The van der Waals surface area contributed by atoms with E-state index in [1.165, 1.54) is 6.07 Å². The summed E-state index contributed by atoms with van der Waals surface area (Å²) in [7, 11) is 0. The normalized spacial score (nSPS) is 12.4. The van der Waals surface area contributed by atoms with Crippen LogP contribution in [0.25, 0.3) is 0 Å². The molecule has 0 radical (unpaired) electrons. The first kappa shape index (κ1) is 14.9. The fourth-order valence-corrected chi connectivity index (χ4v) is 1.95. The van der Waals surface area contributed by atoms with Crippen LogP contribution in [0.15, 0.2) is 27.1 Å². The molecule has 2 rings (SSSR count). The summed E-state index contributed by atoms with van der Waals surface area (Å²) in [4.78, 5) is 0. The number of hydrogen-bond donors (Lipinski definition) is 2. The molecule has 0 fully saturated rings. The molecule has 0 saturated carbocycles. The second-order valence-electron chi connectivity index (χ2n) is 4.37. The number of benzene rings is 1. The topological polar surface area (TPSA) is 63.0 Å². The monoisotopic (exact) mass is 342 g/mol. The summed E-state index contributed by atoms with van der Waals surface area (Å²) in [6, 6.07) is 4.83. The van der Waals surface area contributed by atoms with Crippen LogP contribution in [0.2, 0.25) is 0 Å². The molecule has 0 spiro atoms. The van der Waals surface area contributed by atoms with Crippen molar-refractivity contribution in [1.82, 2.24) is 15.5 Å². The first-order valence-corrected chi connectivity index (χ1v) is 7.18. The Morgan fingerprint density at radius 1 is 1.40 bits per heavy atom. The lowest BCUT2D eigenvalue weighted by atomic mass is 10.3. The van der Waals surface area contributed by atoms with E-state index >= 15 is 0 Å². The van der Waals surface area contributed by atoms with Crippen LogP contribution < -0.4 is 10.6 Å². The zero-order chi connectivity index (χ0) is 14.5. The Morgan fingerprint density at radius 2 is 2.20 bits per heavy atom. The number of rotatable bonds is 6. The second-order valence-corrected chi connectivity index (χ2v) is 5.29. The van der Waals surface area contributed by atoms with Gasteiger partial charge in [0.05, 0.1) is 11.7 Å². The van der Waals surface area contributed by atoms with Gasteiger partial charge < -0.3 is 15.1 Å². The minimum absolute atomic E-state index is 0.0345. The third-order valence-electron chi connectivity index (χ3n) is 2.68. The number of nitrogens with one attached hydrogen (secondary N) is 2. The molecule has 1 atom stereocenters. The molecular weight excluding hydrogens is 327 g/mol. The Kier molecular flexibility index (Phi) is 5.08. The molecule has 0 saturated heterocycles. The fraction of sp³-hybridized carbons (Fsp3) is 0.385. The molecule has 0 bridgehead atoms. The van der Waals surface area contributed by atoms with E-state index in [-0.39, 0.29) is 17.7 Å². The zero-order valence-electron chi connectivity index (χ0n) is 11.3. The Hall–Kier alpha value is -1.47. The summed E-state index contributed by atoms with van der Waals surface area (Å²) in [5, 5.41) is 13.8. The molecule has 1 aromatic carbocycles. The maximum Gasteiger partial charge on any atom is 0.320 e. The maximum atomic E-state index is 13.7. The highest BCUT2D eigenvalue weighted by Crippen LogP contribution is 2.23. The Bertz CT molecular complexity index is 575. The number of anilines is 2. The molecule has 0 aliphatic heterocycles. The van der Waals surface area contributed by atoms with Crippen LogP contribution in [0.3, 0.4) is 0 Å². The summed E-state index contributed by atoms with van der Waals surface area (Å²) >= 11 is 3.20. The van der Waals surface area contributed by atoms with Crippen LogP contribution in [0.4, 0.5) is 16.1 Å². The summed E-state index contributed by atoms with van der Waals surface area (Å²) in [5.41, 5.74) is 0.289. The minimum atomic E-state index is -0.392. The van der Waals surface area contributed by atoms with Crippen molar-refractivity contribution >= 4 is 27.6 Å². The van der Waals surface area contributed by atoms with Gasteiger partial charge in [0.1, 0.15) is 5.82 Å². The molecule has 0 aliphatic carbocycles. The Morgan fingerprint density at radius 3 is 2.90 bits per heavy atom. The number of hydrogen-bond acceptors (Lipinski definition) is 5. The lowest BCUT2D eigenvalue weighted by Gasteiger charge is -2.07. The van der Waals surface area contributed by atoms with Crippen LogP contribution >= 0.6 is 15.9 Å². The second kappa shape index (κ2) is 6.81. The van der Waals surface area contributed by atoms with Gasteiger partial charge >= 0.3 is 6.01 Å². The average molecular weight is 343 g/mol. The highest BCUT2D eigenvalue weighted by atomic mass is 79.9. The van der Waals surface area contributed by atoms with Crippen LogP contribution in [0, 0.1) is 5.82 Å². The molecule has 5 nitrogen and oxygen atoms in total. The zero-order valence-corrected chi connectivity index (χ0v) is 12.9. The average Bonchev–Trinajstić information content (AvgIpc) is 2.88. The highest BCUT2D eigenvalue weighted by Gasteiger charge is 2.14. The first-order valence-electron chi connectivity index (χ1n) is 6.39. The van der Waals surface area contributed by atoms with Crippen molar-refractivity contribution in [3.05, 3.63) is 34.4 Å². The van der Waals surface area contributed by atoms with Gasteiger partial charge in [0, 0.05) is 4.47 Å². The predicted molar refractivity (Wildman–Crippen MR) is 78.4 cm³/mol. The van der Waals surface area contributed by atoms with Gasteiger partial charge in [-0.25, -0.2) is 4.39 Å². The SMILES string of the molecule is CCCNC(C)c1nnc(Nc2ccc(Br)cc2F)o1. The van der Waals surface area contributed by atoms with Crippen molar-refractivity contribution in [3.8, 4) is 0 Å². The molecular formula is C13H16BrFN4O. The van der Waals surface area contributed by atoms with Gasteiger partial charge in [-0.05, 0) is 38.1 Å². The van der Waals surface area contributed by atoms with Gasteiger partial charge in [-0.2, -0.15) is 0 Å². The molecule has 2 N–H and O–H groups in total. The van der Waals surface area contributed by atoms with Crippen molar-refractivity contribution in [3.63, 3.8) is 0 Å². The van der Waals surface area contributed by atoms with Crippen LogP contribution in [-0.4, -0.2) is 16.7 Å². The predicted octanol–water partition coefficient (Wildman–Crippen LogP) is 3.78. The van der Waals surface area contributed by atoms with E-state index in [4.69, 9.17) is 4.42 Å². The number of halogens is 2. The molecule has 0 amide bonds. The Labute approximate surface area is 125 Å². The molecule has 1 aromatic heterocycles. The lowest BCUT2D eigenvalue weighted by molar-refractivity contribution is 0.424. The van der Waals surface area contributed by atoms with E-state index < -0.39 is 5.82 Å². The van der Waals surface area contributed by atoms with Crippen LogP contribution in [-0.2, 0) is 0 Å². The van der Waals surface area contributed by atoms with E-state index in [0.717, 1.165) is 13.0 Å². The standard InChI is InChI=1S/C13H16BrFN4O/c1-3-6-16-8(2)12-18-19-13(20-12)17-11-5-4-9(14)7-10(11)15/h4-5,7-8,16H,3,6H2,1-2H3,(H,17,19).